The van der Waals surface area contributed by atoms with E-state index in [0.29, 0.717) is 10.6 Å². The van der Waals surface area contributed by atoms with Gasteiger partial charge in [-0.05, 0) is 39.0 Å². The Hall–Kier alpha value is -1.23. The van der Waals surface area contributed by atoms with Gasteiger partial charge in [0.05, 0.1) is 5.75 Å². The Morgan fingerprint density at radius 3 is 2.65 bits per heavy atom. The molecule has 0 bridgehead atoms. The fraction of sp³-hybridized carbons (Fsp3) is 0.417. The SMILES string of the molecule is CC(C)(C)OC(=O)CSc1ccc(N)cc1F. The third-order valence-corrected chi connectivity index (χ3v) is 2.74. The molecule has 1 aromatic carbocycles. The number of thioether (sulfide) groups is 1. The monoisotopic (exact) mass is 257 g/mol. The number of nitrogens with two attached hydrogens (primary N) is 1. The second kappa shape index (κ2) is 5.40. The van der Waals surface area contributed by atoms with Crippen LogP contribution in [0, 0.1) is 5.82 Å². The van der Waals surface area contributed by atoms with Crippen molar-refractivity contribution in [2.45, 2.75) is 31.3 Å². The Balaban J connectivity index is 2.53. The summed E-state index contributed by atoms with van der Waals surface area (Å²) in [4.78, 5) is 11.8. The molecule has 2 N–H and O–H groups in total. The highest BCUT2D eigenvalue weighted by Gasteiger charge is 2.16. The van der Waals surface area contributed by atoms with Crippen LogP contribution in [-0.2, 0) is 9.53 Å². The highest BCUT2D eigenvalue weighted by molar-refractivity contribution is 8.00. The molecule has 0 atom stereocenters. The minimum absolute atomic E-state index is 0.0815. The molecular formula is C12H16FNO2S. The van der Waals surface area contributed by atoms with Crippen LogP contribution in [-0.4, -0.2) is 17.3 Å². The second-order valence-corrected chi connectivity index (χ2v) is 5.58. The lowest BCUT2D eigenvalue weighted by atomic mass is 10.2. The molecule has 17 heavy (non-hydrogen) atoms. The van der Waals surface area contributed by atoms with Crippen molar-refractivity contribution in [3.8, 4) is 0 Å². The zero-order chi connectivity index (χ0) is 13.1. The zero-order valence-electron chi connectivity index (χ0n) is 10.1. The maximum atomic E-state index is 13.4. The number of esters is 1. The molecule has 0 amide bonds. The van der Waals surface area contributed by atoms with Gasteiger partial charge >= 0.3 is 5.97 Å². The van der Waals surface area contributed by atoms with Crippen LogP contribution in [0.4, 0.5) is 10.1 Å². The molecule has 0 spiro atoms. The second-order valence-electron chi connectivity index (χ2n) is 4.56. The summed E-state index contributed by atoms with van der Waals surface area (Å²) < 4.78 is 18.5. The highest BCUT2D eigenvalue weighted by Crippen LogP contribution is 2.24. The quantitative estimate of drug-likeness (QED) is 0.514. The van der Waals surface area contributed by atoms with Gasteiger partial charge in [-0.3, -0.25) is 4.79 Å². The Labute approximate surface area is 105 Å². The van der Waals surface area contributed by atoms with E-state index >= 15 is 0 Å². The fourth-order valence-electron chi connectivity index (χ4n) is 1.14. The molecule has 0 saturated carbocycles. The van der Waals surface area contributed by atoms with Gasteiger partial charge in [0.25, 0.3) is 0 Å². The molecule has 0 aliphatic rings. The van der Waals surface area contributed by atoms with E-state index in [4.69, 9.17) is 10.5 Å². The molecule has 0 unspecified atom stereocenters. The van der Waals surface area contributed by atoms with Crippen molar-refractivity contribution in [3.05, 3.63) is 24.0 Å². The van der Waals surface area contributed by atoms with Crippen molar-refractivity contribution in [1.29, 1.82) is 0 Å². The number of hydrogen-bond acceptors (Lipinski definition) is 4. The van der Waals surface area contributed by atoms with Crippen molar-refractivity contribution in [2.24, 2.45) is 0 Å². The molecule has 0 aliphatic heterocycles. The topological polar surface area (TPSA) is 52.3 Å². The highest BCUT2D eigenvalue weighted by atomic mass is 32.2. The molecule has 0 fully saturated rings. The van der Waals surface area contributed by atoms with Gasteiger partial charge in [-0.15, -0.1) is 11.8 Å². The first-order valence-electron chi connectivity index (χ1n) is 5.17. The molecule has 3 nitrogen and oxygen atoms in total. The van der Waals surface area contributed by atoms with E-state index < -0.39 is 11.4 Å². The molecule has 94 valence electrons. The van der Waals surface area contributed by atoms with E-state index in [-0.39, 0.29) is 11.7 Å². The predicted molar refractivity (Wildman–Crippen MR) is 67.4 cm³/mol. The minimum atomic E-state index is -0.517. The van der Waals surface area contributed by atoms with Crippen LogP contribution in [0.1, 0.15) is 20.8 Å². The molecule has 1 aromatic rings. The predicted octanol–water partition coefficient (Wildman–Crippen LogP) is 2.84. The van der Waals surface area contributed by atoms with E-state index in [1.807, 2.05) is 0 Å². The van der Waals surface area contributed by atoms with Crippen LogP contribution in [0.3, 0.4) is 0 Å². The largest absolute Gasteiger partial charge is 0.459 e. The first-order chi connectivity index (χ1) is 7.78. The number of benzene rings is 1. The van der Waals surface area contributed by atoms with E-state index in [9.17, 15) is 9.18 Å². The van der Waals surface area contributed by atoms with Gasteiger partial charge in [0.2, 0.25) is 0 Å². The average molecular weight is 257 g/mol. The van der Waals surface area contributed by atoms with Gasteiger partial charge in [-0.1, -0.05) is 0 Å². The summed E-state index contributed by atoms with van der Waals surface area (Å²) in [7, 11) is 0. The van der Waals surface area contributed by atoms with E-state index in [2.05, 4.69) is 0 Å². The summed E-state index contributed by atoms with van der Waals surface area (Å²) in [6, 6.07) is 4.39. The third kappa shape index (κ3) is 5.08. The Morgan fingerprint density at radius 2 is 2.12 bits per heavy atom. The van der Waals surface area contributed by atoms with Crippen LogP contribution in [0.2, 0.25) is 0 Å². The molecule has 0 heterocycles. The molecule has 1 rings (SSSR count). The summed E-state index contributed by atoms with van der Waals surface area (Å²) in [5, 5.41) is 0. The van der Waals surface area contributed by atoms with E-state index in [1.54, 1.807) is 32.9 Å². The molecule has 0 radical (unpaired) electrons. The summed E-state index contributed by atoms with van der Waals surface area (Å²) in [5.41, 5.74) is 5.27. The Kier molecular flexibility index (Phi) is 4.40. The Bertz CT molecular complexity index is 415. The van der Waals surface area contributed by atoms with Gasteiger partial charge < -0.3 is 10.5 Å². The molecular weight excluding hydrogens is 241 g/mol. The van der Waals surface area contributed by atoms with Crippen molar-refractivity contribution in [3.63, 3.8) is 0 Å². The third-order valence-electron chi connectivity index (χ3n) is 1.72. The summed E-state index contributed by atoms with van der Waals surface area (Å²) in [5.74, 6) is -0.699. The lowest BCUT2D eigenvalue weighted by Gasteiger charge is -2.19. The average Bonchev–Trinajstić information content (AvgIpc) is 2.13. The fourth-order valence-corrected chi connectivity index (χ4v) is 1.84. The van der Waals surface area contributed by atoms with Gasteiger partial charge in [-0.2, -0.15) is 0 Å². The molecule has 0 aromatic heterocycles. The number of carbonyl (C=O) groups is 1. The number of hydrogen-bond donors (Lipinski definition) is 1. The van der Waals surface area contributed by atoms with Gasteiger partial charge in [0.15, 0.2) is 0 Å². The van der Waals surface area contributed by atoms with Crippen molar-refractivity contribution < 1.29 is 13.9 Å². The van der Waals surface area contributed by atoms with Gasteiger partial charge in [0.1, 0.15) is 11.4 Å². The van der Waals surface area contributed by atoms with Gasteiger partial charge in [0, 0.05) is 10.6 Å². The normalized spacial score (nSPS) is 11.3. The lowest BCUT2D eigenvalue weighted by molar-refractivity contribution is -0.151. The first kappa shape index (κ1) is 13.8. The maximum absolute atomic E-state index is 13.4. The van der Waals surface area contributed by atoms with Crippen molar-refractivity contribution >= 4 is 23.4 Å². The number of rotatable bonds is 3. The van der Waals surface area contributed by atoms with Crippen molar-refractivity contribution in [2.75, 3.05) is 11.5 Å². The standard InChI is InChI=1S/C12H16FNO2S/c1-12(2,3)16-11(15)7-17-10-5-4-8(14)6-9(10)13/h4-6H,7,14H2,1-3H3. The summed E-state index contributed by atoms with van der Waals surface area (Å²) in [6.07, 6.45) is 0. The minimum Gasteiger partial charge on any atom is -0.459 e. The van der Waals surface area contributed by atoms with E-state index in [0.717, 1.165) is 11.8 Å². The summed E-state index contributed by atoms with van der Waals surface area (Å²) >= 11 is 1.10. The number of anilines is 1. The van der Waals surface area contributed by atoms with Crippen LogP contribution < -0.4 is 5.73 Å². The maximum Gasteiger partial charge on any atom is 0.316 e. The molecule has 0 saturated heterocycles. The van der Waals surface area contributed by atoms with E-state index in [1.165, 1.54) is 6.07 Å². The first-order valence-corrected chi connectivity index (χ1v) is 6.16. The van der Waals surface area contributed by atoms with Crippen LogP contribution in [0.25, 0.3) is 0 Å². The van der Waals surface area contributed by atoms with Crippen LogP contribution >= 0.6 is 11.8 Å². The van der Waals surface area contributed by atoms with Crippen LogP contribution in [0.15, 0.2) is 23.1 Å². The van der Waals surface area contributed by atoms with Gasteiger partial charge in [-0.25, -0.2) is 4.39 Å². The zero-order valence-corrected chi connectivity index (χ0v) is 10.9. The van der Waals surface area contributed by atoms with Crippen molar-refractivity contribution in [1.82, 2.24) is 0 Å². The number of halogens is 1. The summed E-state index contributed by atoms with van der Waals surface area (Å²) in [6.45, 7) is 5.37. The smallest absolute Gasteiger partial charge is 0.316 e. The van der Waals surface area contributed by atoms with Crippen LogP contribution in [0.5, 0.6) is 0 Å². The number of ether oxygens (including phenoxy) is 1. The Morgan fingerprint density at radius 1 is 1.47 bits per heavy atom. The molecule has 5 heteroatoms. The lowest BCUT2D eigenvalue weighted by Crippen LogP contribution is -2.24. The number of nitrogen functional groups attached to an aromatic ring is 1. The number of carbonyl (C=O) groups excluding carboxylic acids is 1. The molecule has 0 aliphatic carbocycles.